The first-order valence-electron chi connectivity index (χ1n) is 10.3. The minimum atomic E-state index is -4.29. The van der Waals surface area contributed by atoms with Crippen molar-refractivity contribution in [1.29, 1.82) is 0 Å². The number of carbonyl (C=O) groups is 3. The van der Waals surface area contributed by atoms with Crippen molar-refractivity contribution >= 4 is 28.6 Å². The van der Waals surface area contributed by atoms with Crippen molar-refractivity contribution in [3.05, 3.63) is 29.7 Å². The molecule has 0 aliphatic carbocycles. The lowest BCUT2D eigenvalue weighted by Gasteiger charge is -2.30. The molecule has 2 aromatic rings. The van der Waals surface area contributed by atoms with Crippen molar-refractivity contribution in [2.75, 3.05) is 6.54 Å². The van der Waals surface area contributed by atoms with Crippen molar-refractivity contribution in [3.63, 3.8) is 0 Å². The van der Waals surface area contributed by atoms with Gasteiger partial charge in [-0.3, -0.25) is 19.1 Å². The highest BCUT2D eigenvalue weighted by atomic mass is 19.4. The van der Waals surface area contributed by atoms with Crippen LogP contribution in [0.4, 0.5) is 17.6 Å². The van der Waals surface area contributed by atoms with Gasteiger partial charge in [-0.1, -0.05) is 32.9 Å². The number of primary amides is 1. The van der Waals surface area contributed by atoms with E-state index in [4.69, 9.17) is 5.73 Å². The van der Waals surface area contributed by atoms with E-state index in [1.54, 1.807) is 20.8 Å². The molecule has 0 aliphatic rings. The Labute approximate surface area is 187 Å². The SMILES string of the molecule is CC(C)(C)C(NC(=O)c1nn(CCCCC(F)(F)F)c2c(F)cccc12)C(=O)NCC(N)=O. The predicted octanol–water partition coefficient (Wildman–Crippen LogP) is 2.65. The molecular weight excluding hydrogens is 446 g/mol. The molecule has 182 valence electrons. The summed E-state index contributed by atoms with van der Waals surface area (Å²) in [6.07, 6.45) is -5.37. The standard InChI is InChI=1S/C21H27F4N5O3/c1-20(2,3)17(19(33)27-11-14(26)31)28-18(32)15-12-7-6-8-13(22)16(12)30(29-15)10-5-4-9-21(23,24)25/h6-8,17H,4-5,9-11H2,1-3H3,(H2,26,31)(H,27,33)(H,28,32). The van der Waals surface area contributed by atoms with Gasteiger partial charge in [-0.25, -0.2) is 4.39 Å². The van der Waals surface area contributed by atoms with E-state index >= 15 is 0 Å². The van der Waals surface area contributed by atoms with Crippen LogP contribution in [0.3, 0.4) is 0 Å². The van der Waals surface area contributed by atoms with Crippen molar-refractivity contribution in [1.82, 2.24) is 20.4 Å². The summed E-state index contributed by atoms with van der Waals surface area (Å²) in [4.78, 5) is 36.5. The molecule has 0 saturated carbocycles. The van der Waals surface area contributed by atoms with Crippen molar-refractivity contribution < 1.29 is 31.9 Å². The molecular formula is C21H27F4N5O3. The van der Waals surface area contributed by atoms with E-state index in [-0.39, 0.29) is 36.0 Å². The first-order chi connectivity index (χ1) is 15.2. The zero-order valence-corrected chi connectivity index (χ0v) is 18.6. The summed E-state index contributed by atoms with van der Waals surface area (Å²) < 4.78 is 52.9. The Morgan fingerprint density at radius 3 is 2.39 bits per heavy atom. The highest BCUT2D eigenvalue weighted by Crippen LogP contribution is 2.26. The maximum absolute atomic E-state index is 14.5. The van der Waals surface area contributed by atoms with Crippen LogP contribution in [0.1, 0.15) is 50.5 Å². The molecule has 33 heavy (non-hydrogen) atoms. The van der Waals surface area contributed by atoms with Crippen LogP contribution in [0.25, 0.3) is 10.9 Å². The third kappa shape index (κ3) is 7.16. The number of halogens is 4. The van der Waals surface area contributed by atoms with E-state index in [2.05, 4.69) is 15.7 Å². The maximum atomic E-state index is 14.5. The second-order valence-electron chi connectivity index (χ2n) is 8.74. The molecule has 1 aromatic heterocycles. The zero-order chi connectivity index (χ0) is 25.0. The van der Waals surface area contributed by atoms with Gasteiger partial charge in [0.05, 0.1) is 6.54 Å². The number of nitrogens with one attached hydrogen (secondary N) is 2. The second-order valence-corrected chi connectivity index (χ2v) is 8.74. The van der Waals surface area contributed by atoms with Crippen molar-refractivity contribution in [2.24, 2.45) is 11.1 Å². The van der Waals surface area contributed by atoms with Gasteiger partial charge in [0, 0.05) is 18.4 Å². The van der Waals surface area contributed by atoms with E-state index in [1.165, 1.54) is 12.1 Å². The fourth-order valence-electron chi connectivity index (χ4n) is 3.26. The molecule has 1 heterocycles. The molecule has 0 bridgehead atoms. The molecule has 1 aromatic carbocycles. The third-order valence-corrected chi connectivity index (χ3v) is 4.86. The first-order valence-corrected chi connectivity index (χ1v) is 10.3. The van der Waals surface area contributed by atoms with Crippen LogP contribution in [0.15, 0.2) is 18.2 Å². The molecule has 0 saturated heterocycles. The summed E-state index contributed by atoms with van der Waals surface area (Å²) in [6.45, 7) is 4.64. The predicted molar refractivity (Wildman–Crippen MR) is 113 cm³/mol. The number of unbranched alkanes of at least 4 members (excludes halogenated alkanes) is 1. The number of hydrogen-bond donors (Lipinski definition) is 3. The van der Waals surface area contributed by atoms with Gasteiger partial charge < -0.3 is 16.4 Å². The maximum Gasteiger partial charge on any atom is 0.389 e. The summed E-state index contributed by atoms with van der Waals surface area (Å²) in [5.41, 5.74) is 4.10. The summed E-state index contributed by atoms with van der Waals surface area (Å²) in [7, 11) is 0. The number of aryl methyl sites for hydroxylation is 1. The zero-order valence-electron chi connectivity index (χ0n) is 18.6. The lowest BCUT2D eigenvalue weighted by atomic mass is 9.86. The number of para-hydroxylation sites is 1. The minimum Gasteiger partial charge on any atom is -0.368 e. The number of hydrogen-bond acceptors (Lipinski definition) is 4. The van der Waals surface area contributed by atoms with E-state index in [0.717, 1.165) is 10.7 Å². The van der Waals surface area contributed by atoms with E-state index < -0.39 is 54.1 Å². The molecule has 0 radical (unpaired) electrons. The number of nitrogens with zero attached hydrogens (tertiary/aromatic N) is 2. The average molecular weight is 473 g/mol. The van der Waals surface area contributed by atoms with Gasteiger partial charge in [-0.2, -0.15) is 18.3 Å². The van der Waals surface area contributed by atoms with E-state index in [0.29, 0.717) is 0 Å². The molecule has 3 amide bonds. The Balaban J connectivity index is 2.29. The largest absolute Gasteiger partial charge is 0.389 e. The van der Waals surface area contributed by atoms with Gasteiger partial charge in [0.25, 0.3) is 5.91 Å². The number of rotatable bonds is 9. The number of fused-ring (bicyclic) bond motifs is 1. The van der Waals surface area contributed by atoms with Crippen LogP contribution in [-0.2, 0) is 16.1 Å². The number of amides is 3. The highest BCUT2D eigenvalue weighted by molar-refractivity contribution is 6.06. The molecule has 4 N–H and O–H groups in total. The monoisotopic (exact) mass is 473 g/mol. The molecule has 2 rings (SSSR count). The molecule has 1 atom stereocenters. The third-order valence-electron chi connectivity index (χ3n) is 4.86. The number of aromatic nitrogens is 2. The van der Waals surface area contributed by atoms with Gasteiger partial charge in [0.15, 0.2) is 5.69 Å². The van der Waals surface area contributed by atoms with Gasteiger partial charge >= 0.3 is 6.18 Å². The number of alkyl halides is 3. The van der Waals surface area contributed by atoms with Crippen LogP contribution in [0.2, 0.25) is 0 Å². The summed E-state index contributed by atoms with van der Waals surface area (Å²) in [5, 5.41) is 9.19. The normalized spacial score (nSPS) is 13.1. The molecule has 12 heteroatoms. The van der Waals surface area contributed by atoms with Gasteiger partial charge in [0.1, 0.15) is 17.4 Å². The van der Waals surface area contributed by atoms with Gasteiger partial charge in [-0.15, -0.1) is 0 Å². The Morgan fingerprint density at radius 1 is 1.15 bits per heavy atom. The Hall–Kier alpha value is -3.18. The Bertz CT molecular complexity index is 1030. The Morgan fingerprint density at radius 2 is 1.82 bits per heavy atom. The van der Waals surface area contributed by atoms with Crippen LogP contribution >= 0.6 is 0 Å². The summed E-state index contributed by atoms with van der Waals surface area (Å²) in [6, 6.07) is 2.93. The minimum absolute atomic E-state index is 0.0138. The van der Waals surface area contributed by atoms with Gasteiger partial charge in [-0.05, 0) is 24.3 Å². The van der Waals surface area contributed by atoms with Crippen LogP contribution < -0.4 is 16.4 Å². The quantitative estimate of drug-likeness (QED) is 0.383. The Kier molecular flexibility index (Phi) is 8.04. The van der Waals surface area contributed by atoms with Gasteiger partial charge in [0.2, 0.25) is 11.8 Å². The lowest BCUT2D eigenvalue weighted by Crippen LogP contribution is -2.54. The van der Waals surface area contributed by atoms with Crippen LogP contribution in [0.5, 0.6) is 0 Å². The number of benzene rings is 1. The van der Waals surface area contributed by atoms with Crippen LogP contribution in [-0.4, -0.2) is 46.3 Å². The summed E-state index contributed by atoms with van der Waals surface area (Å²) in [5.74, 6) is -2.85. The average Bonchev–Trinajstić information content (AvgIpc) is 3.06. The summed E-state index contributed by atoms with van der Waals surface area (Å²) >= 11 is 0. The molecule has 0 aliphatic heterocycles. The fraction of sp³-hybridized carbons (Fsp3) is 0.524. The van der Waals surface area contributed by atoms with Crippen molar-refractivity contribution in [2.45, 2.75) is 58.8 Å². The van der Waals surface area contributed by atoms with Crippen molar-refractivity contribution in [3.8, 4) is 0 Å². The highest BCUT2D eigenvalue weighted by Gasteiger charge is 2.34. The fourth-order valence-corrected chi connectivity index (χ4v) is 3.26. The van der Waals surface area contributed by atoms with E-state index in [1.807, 2.05) is 0 Å². The smallest absolute Gasteiger partial charge is 0.368 e. The number of carbonyl (C=O) groups excluding carboxylic acids is 3. The molecule has 1 unspecified atom stereocenters. The van der Waals surface area contributed by atoms with Crippen LogP contribution in [0, 0.1) is 11.2 Å². The second kappa shape index (κ2) is 10.2. The first kappa shape index (κ1) is 26.1. The molecule has 0 fully saturated rings. The number of nitrogens with two attached hydrogens (primary N) is 1. The van der Waals surface area contributed by atoms with E-state index in [9.17, 15) is 31.9 Å². The molecule has 0 spiro atoms. The topological polar surface area (TPSA) is 119 Å². The lowest BCUT2D eigenvalue weighted by molar-refractivity contribution is -0.135. The molecule has 8 nitrogen and oxygen atoms in total.